The molecule has 112 valence electrons. The Kier molecular flexibility index (Phi) is 7.01. The number of nitrogens with one attached hydrogen (secondary N) is 1. The van der Waals surface area contributed by atoms with Crippen molar-refractivity contribution in [1.82, 2.24) is 14.8 Å². The van der Waals surface area contributed by atoms with E-state index in [-0.39, 0.29) is 5.91 Å². The summed E-state index contributed by atoms with van der Waals surface area (Å²) < 4.78 is 0. The Morgan fingerprint density at radius 2 is 2.00 bits per heavy atom. The Labute approximate surface area is 122 Å². The van der Waals surface area contributed by atoms with Gasteiger partial charge < -0.3 is 15.1 Å². The molecule has 0 aliphatic heterocycles. The van der Waals surface area contributed by atoms with Crippen LogP contribution >= 0.6 is 0 Å². The third-order valence-electron chi connectivity index (χ3n) is 3.01. The third kappa shape index (κ3) is 5.57. The zero-order valence-electron chi connectivity index (χ0n) is 13.0. The highest BCUT2D eigenvalue weighted by Crippen LogP contribution is 2.07. The van der Waals surface area contributed by atoms with Gasteiger partial charge in [-0.15, -0.1) is 0 Å². The Hall–Kier alpha value is -1.62. The van der Waals surface area contributed by atoms with E-state index in [4.69, 9.17) is 0 Å². The predicted molar refractivity (Wildman–Crippen MR) is 83.1 cm³/mol. The number of hydrogen-bond donors (Lipinski definition) is 1. The van der Waals surface area contributed by atoms with Crippen LogP contribution in [0.2, 0.25) is 0 Å². The first-order valence-corrected chi connectivity index (χ1v) is 7.14. The van der Waals surface area contributed by atoms with Crippen molar-refractivity contribution in [3.63, 3.8) is 0 Å². The molecular formula is C15H26N4O. The molecule has 0 unspecified atom stereocenters. The van der Waals surface area contributed by atoms with Crippen molar-refractivity contribution >= 4 is 11.7 Å². The highest BCUT2D eigenvalue weighted by molar-refractivity contribution is 5.93. The van der Waals surface area contributed by atoms with Crippen molar-refractivity contribution < 1.29 is 4.79 Å². The lowest BCUT2D eigenvalue weighted by Gasteiger charge is -2.18. The Morgan fingerprint density at radius 1 is 1.25 bits per heavy atom. The van der Waals surface area contributed by atoms with Crippen LogP contribution in [-0.4, -0.2) is 61.5 Å². The quantitative estimate of drug-likeness (QED) is 0.789. The van der Waals surface area contributed by atoms with E-state index >= 15 is 0 Å². The summed E-state index contributed by atoms with van der Waals surface area (Å²) in [5.74, 6) is 0.844. The second-order valence-electron chi connectivity index (χ2n) is 5.24. The van der Waals surface area contributed by atoms with Gasteiger partial charge in [0.1, 0.15) is 5.82 Å². The van der Waals surface area contributed by atoms with Gasteiger partial charge in [-0.2, -0.15) is 0 Å². The smallest absolute Gasteiger partial charge is 0.255 e. The van der Waals surface area contributed by atoms with Crippen LogP contribution in [0.4, 0.5) is 5.82 Å². The molecule has 1 aromatic rings. The van der Waals surface area contributed by atoms with Gasteiger partial charge in [-0.1, -0.05) is 6.92 Å². The molecule has 0 saturated carbocycles. The van der Waals surface area contributed by atoms with E-state index in [0.29, 0.717) is 5.56 Å². The summed E-state index contributed by atoms with van der Waals surface area (Å²) in [5, 5.41) is 3.19. The minimum atomic E-state index is 0.0262. The highest BCUT2D eigenvalue weighted by Gasteiger charge is 2.11. The van der Waals surface area contributed by atoms with E-state index < -0.39 is 0 Å². The number of carbonyl (C=O) groups is 1. The molecule has 0 atom stereocenters. The second-order valence-corrected chi connectivity index (χ2v) is 5.24. The largest absolute Gasteiger partial charge is 0.370 e. The number of pyridine rings is 1. The minimum absolute atomic E-state index is 0.0262. The first-order chi connectivity index (χ1) is 9.54. The van der Waals surface area contributed by atoms with Crippen LogP contribution in [0.5, 0.6) is 0 Å². The fourth-order valence-electron chi connectivity index (χ4n) is 1.82. The molecule has 5 nitrogen and oxygen atoms in total. The summed E-state index contributed by atoms with van der Waals surface area (Å²) in [5.41, 5.74) is 0.638. The molecule has 1 heterocycles. The highest BCUT2D eigenvalue weighted by atomic mass is 16.2. The average molecular weight is 278 g/mol. The molecular weight excluding hydrogens is 252 g/mol. The summed E-state index contributed by atoms with van der Waals surface area (Å²) in [4.78, 5) is 20.3. The Morgan fingerprint density at radius 3 is 2.55 bits per heavy atom. The number of nitrogens with zero attached hydrogens (tertiary/aromatic N) is 3. The molecule has 20 heavy (non-hydrogen) atoms. The summed E-state index contributed by atoms with van der Waals surface area (Å²) >= 11 is 0. The van der Waals surface area contributed by atoms with E-state index in [2.05, 4.69) is 22.1 Å². The van der Waals surface area contributed by atoms with Gasteiger partial charge >= 0.3 is 0 Å². The molecule has 0 spiro atoms. The molecule has 1 aromatic heterocycles. The first kappa shape index (κ1) is 16.4. The minimum Gasteiger partial charge on any atom is -0.370 e. The maximum atomic E-state index is 12.2. The van der Waals surface area contributed by atoms with Crippen molar-refractivity contribution in [1.29, 1.82) is 0 Å². The maximum absolute atomic E-state index is 12.2. The van der Waals surface area contributed by atoms with Crippen LogP contribution < -0.4 is 5.32 Å². The van der Waals surface area contributed by atoms with Crippen LogP contribution in [0.1, 0.15) is 30.1 Å². The summed E-state index contributed by atoms with van der Waals surface area (Å²) in [6, 6.07) is 3.69. The lowest BCUT2D eigenvalue weighted by Crippen LogP contribution is -2.29. The van der Waals surface area contributed by atoms with Crippen LogP contribution in [0.3, 0.4) is 0 Å². The fourth-order valence-corrected chi connectivity index (χ4v) is 1.82. The van der Waals surface area contributed by atoms with Crippen molar-refractivity contribution in [3.05, 3.63) is 23.9 Å². The van der Waals surface area contributed by atoms with Gasteiger partial charge in [0.05, 0.1) is 5.56 Å². The molecule has 1 N–H and O–H groups in total. The van der Waals surface area contributed by atoms with E-state index in [9.17, 15) is 4.79 Å². The van der Waals surface area contributed by atoms with Crippen LogP contribution in [0.25, 0.3) is 0 Å². The maximum Gasteiger partial charge on any atom is 0.255 e. The Bertz CT molecular complexity index is 403. The summed E-state index contributed by atoms with van der Waals surface area (Å²) in [6.45, 7) is 4.74. The Balaban J connectivity index is 2.49. The molecule has 0 fully saturated rings. The molecule has 0 aliphatic rings. The van der Waals surface area contributed by atoms with Gasteiger partial charge in [0.15, 0.2) is 0 Å². The lowest BCUT2D eigenvalue weighted by molar-refractivity contribution is 0.0790. The van der Waals surface area contributed by atoms with Crippen molar-refractivity contribution in [2.24, 2.45) is 0 Å². The predicted octanol–water partition coefficient (Wildman–Crippen LogP) is 1.93. The van der Waals surface area contributed by atoms with Crippen molar-refractivity contribution in [2.75, 3.05) is 46.1 Å². The number of carbonyl (C=O) groups excluding carboxylic acids is 1. The van der Waals surface area contributed by atoms with E-state index in [0.717, 1.165) is 38.3 Å². The first-order valence-electron chi connectivity index (χ1n) is 7.14. The second kappa shape index (κ2) is 8.53. The van der Waals surface area contributed by atoms with Crippen LogP contribution in [0, 0.1) is 0 Å². The number of anilines is 1. The van der Waals surface area contributed by atoms with Gasteiger partial charge in [-0.05, 0) is 45.6 Å². The average Bonchev–Trinajstić information content (AvgIpc) is 2.44. The third-order valence-corrected chi connectivity index (χ3v) is 3.01. The number of hydrogen-bond acceptors (Lipinski definition) is 4. The zero-order valence-corrected chi connectivity index (χ0v) is 13.0. The molecule has 0 aromatic carbocycles. The SMILES string of the molecule is CCCNc1ccc(C(=O)N(C)CCCN(C)C)cn1. The molecule has 5 heteroatoms. The summed E-state index contributed by atoms with van der Waals surface area (Å²) in [6.07, 6.45) is 3.67. The molecule has 0 saturated heterocycles. The van der Waals surface area contributed by atoms with Crippen LogP contribution in [0.15, 0.2) is 18.3 Å². The van der Waals surface area contributed by atoms with Gasteiger partial charge in [0, 0.05) is 26.3 Å². The van der Waals surface area contributed by atoms with E-state index in [1.165, 1.54) is 0 Å². The molecule has 0 bridgehead atoms. The topological polar surface area (TPSA) is 48.5 Å². The van der Waals surface area contributed by atoms with Gasteiger partial charge in [-0.25, -0.2) is 4.98 Å². The molecule has 0 aliphatic carbocycles. The fraction of sp³-hybridized carbons (Fsp3) is 0.600. The van der Waals surface area contributed by atoms with E-state index in [1.807, 2.05) is 33.3 Å². The number of amides is 1. The lowest BCUT2D eigenvalue weighted by atomic mass is 10.2. The van der Waals surface area contributed by atoms with E-state index in [1.54, 1.807) is 11.1 Å². The normalized spacial score (nSPS) is 10.7. The number of rotatable bonds is 8. The zero-order chi connectivity index (χ0) is 15.0. The standard InChI is InChI=1S/C15H26N4O/c1-5-9-16-14-8-7-13(12-17-14)15(20)19(4)11-6-10-18(2)3/h7-8,12H,5-6,9-11H2,1-4H3,(H,16,17). The van der Waals surface area contributed by atoms with Crippen molar-refractivity contribution in [2.45, 2.75) is 19.8 Å². The molecule has 1 amide bonds. The molecule has 0 radical (unpaired) electrons. The monoisotopic (exact) mass is 278 g/mol. The summed E-state index contributed by atoms with van der Waals surface area (Å²) in [7, 11) is 5.91. The van der Waals surface area contributed by atoms with Gasteiger partial charge in [0.25, 0.3) is 5.91 Å². The number of aromatic nitrogens is 1. The van der Waals surface area contributed by atoms with Crippen molar-refractivity contribution in [3.8, 4) is 0 Å². The van der Waals surface area contributed by atoms with Gasteiger partial charge in [-0.3, -0.25) is 4.79 Å². The van der Waals surface area contributed by atoms with Crippen LogP contribution in [-0.2, 0) is 0 Å². The van der Waals surface area contributed by atoms with Gasteiger partial charge in [0.2, 0.25) is 0 Å². The molecule has 1 rings (SSSR count).